The summed E-state index contributed by atoms with van der Waals surface area (Å²) < 4.78 is 13.0. The highest BCUT2D eigenvalue weighted by atomic mass is 28.3. The lowest BCUT2D eigenvalue weighted by Crippen LogP contribution is -2.53. The van der Waals surface area contributed by atoms with Crippen LogP contribution in [0.15, 0.2) is 60.7 Å². The molecule has 3 rings (SSSR count). The van der Waals surface area contributed by atoms with Crippen LogP contribution in [0.25, 0.3) is 0 Å². The summed E-state index contributed by atoms with van der Waals surface area (Å²) in [5.74, 6) is 0. The third-order valence-electron chi connectivity index (χ3n) is 6.34. The molecule has 0 saturated carbocycles. The van der Waals surface area contributed by atoms with Crippen molar-refractivity contribution in [2.45, 2.75) is 63.9 Å². The summed E-state index contributed by atoms with van der Waals surface area (Å²) in [5.41, 5.74) is 1.10. The number of benzene rings is 2. The zero-order chi connectivity index (χ0) is 19.0. The van der Waals surface area contributed by atoms with Crippen molar-refractivity contribution in [3.8, 4) is 0 Å². The molecule has 1 heterocycles. The lowest BCUT2D eigenvalue weighted by molar-refractivity contribution is 0.00578. The van der Waals surface area contributed by atoms with Crippen LogP contribution in [0, 0.1) is 0 Å². The van der Waals surface area contributed by atoms with E-state index >= 15 is 0 Å². The van der Waals surface area contributed by atoms with Crippen LogP contribution >= 0.6 is 0 Å². The zero-order valence-corrected chi connectivity index (χ0v) is 18.0. The van der Waals surface area contributed by atoms with Gasteiger partial charge in [0.25, 0.3) is 0 Å². The third kappa shape index (κ3) is 3.69. The summed E-state index contributed by atoms with van der Waals surface area (Å²) in [5, 5.41) is 1.45. The Balaban J connectivity index is 1.98. The van der Waals surface area contributed by atoms with Crippen LogP contribution in [0.1, 0.15) is 33.3 Å². The first-order valence-corrected chi connectivity index (χ1v) is 12.7. The molecule has 0 aromatic heterocycles. The maximum Gasteiger partial charge on any atom is 0.458 e. The molecule has 1 saturated heterocycles. The Hall–Kier alpha value is -1.36. The molecule has 0 N–H and O–H groups in total. The molecular weight excluding hydrogens is 335 g/mol. The van der Waals surface area contributed by atoms with Gasteiger partial charge in [0.2, 0.25) is 0 Å². The van der Waals surface area contributed by atoms with Gasteiger partial charge in [0.1, 0.15) is 0 Å². The number of hydrogen-bond acceptors (Lipinski definition) is 2. The molecule has 2 aromatic rings. The van der Waals surface area contributed by atoms with Crippen LogP contribution in [0.4, 0.5) is 0 Å². The van der Waals surface area contributed by atoms with Crippen molar-refractivity contribution in [3.05, 3.63) is 66.2 Å². The van der Waals surface area contributed by atoms with Crippen molar-refractivity contribution in [3.63, 3.8) is 0 Å². The van der Waals surface area contributed by atoms with Crippen LogP contribution in [0.3, 0.4) is 0 Å². The molecule has 0 aliphatic carbocycles. The van der Waals surface area contributed by atoms with Gasteiger partial charge in [-0.25, -0.2) is 0 Å². The molecule has 1 aliphatic rings. The van der Waals surface area contributed by atoms with Gasteiger partial charge < -0.3 is 9.31 Å². The first kappa shape index (κ1) is 19.4. The second-order valence-corrected chi connectivity index (χ2v) is 13.8. The SMILES string of the molecule is CC1(C)OB([C@H](Cc2ccccc2)[Si](C)(C)c2ccccc2)OC1(C)C. The molecule has 0 spiro atoms. The van der Waals surface area contributed by atoms with E-state index in [1.54, 1.807) is 0 Å². The molecule has 2 aromatic carbocycles. The van der Waals surface area contributed by atoms with Crippen molar-refractivity contribution >= 4 is 20.4 Å². The van der Waals surface area contributed by atoms with Gasteiger partial charge in [-0.15, -0.1) is 0 Å². The second kappa shape index (κ2) is 6.99. The quantitative estimate of drug-likeness (QED) is 0.705. The number of rotatable bonds is 5. The smallest absolute Gasteiger partial charge is 0.403 e. The van der Waals surface area contributed by atoms with Crippen LogP contribution in [0.2, 0.25) is 18.5 Å². The summed E-state index contributed by atoms with van der Waals surface area (Å²) in [6.45, 7) is 13.5. The van der Waals surface area contributed by atoms with Gasteiger partial charge in [0.05, 0.1) is 19.3 Å². The van der Waals surface area contributed by atoms with Crippen molar-refractivity contribution in [2.24, 2.45) is 0 Å². The Morgan fingerprint density at radius 3 is 1.77 bits per heavy atom. The van der Waals surface area contributed by atoms with Crippen LogP contribution in [-0.2, 0) is 15.7 Å². The molecule has 1 aliphatic heterocycles. The van der Waals surface area contributed by atoms with Gasteiger partial charge in [0, 0.05) is 0 Å². The topological polar surface area (TPSA) is 18.5 Å². The predicted octanol–water partition coefficient (Wildman–Crippen LogP) is 4.85. The van der Waals surface area contributed by atoms with E-state index in [2.05, 4.69) is 101 Å². The Morgan fingerprint density at radius 2 is 1.27 bits per heavy atom. The average Bonchev–Trinajstić information content (AvgIpc) is 2.81. The van der Waals surface area contributed by atoms with Gasteiger partial charge in [-0.2, -0.15) is 0 Å². The van der Waals surface area contributed by atoms with E-state index in [1.807, 2.05) is 0 Å². The molecule has 0 radical (unpaired) electrons. The minimum Gasteiger partial charge on any atom is -0.403 e. The molecule has 0 amide bonds. The Labute approximate surface area is 160 Å². The third-order valence-corrected chi connectivity index (χ3v) is 10.5. The zero-order valence-electron chi connectivity index (χ0n) is 17.0. The molecule has 1 atom stereocenters. The van der Waals surface area contributed by atoms with E-state index in [0.29, 0.717) is 5.44 Å². The van der Waals surface area contributed by atoms with Crippen LogP contribution in [0.5, 0.6) is 0 Å². The average molecular weight is 366 g/mol. The molecule has 0 bridgehead atoms. The standard InChI is InChI=1S/C22H31BO2Si/c1-21(2)22(3,4)25-23(24-21)20(17-18-13-9-7-10-14-18)26(5,6)19-15-11-8-12-16-19/h7-16,20H,17H2,1-6H3/t20-/m0/s1. The molecule has 4 heteroatoms. The van der Waals surface area contributed by atoms with Gasteiger partial charge >= 0.3 is 7.12 Å². The van der Waals surface area contributed by atoms with E-state index in [-0.39, 0.29) is 18.3 Å². The highest BCUT2D eigenvalue weighted by Crippen LogP contribution is 2.43. The fourth-order valence-electron chi connectivity index (χ4n) is 3.69. The second-order valence-electron chi connectivity index (χ2n) is 9.01. The molecule has 26 heavy (non-hydrogen) atoms. The van der Waals surface area contributed by atoms with Crippen LogP contribution in [-0.4, -0.2) is 26.4 Å². The largest absolute Gasteiger partial charge is 0.458 e. The first-order chi connectivity index (χ1) is 12.1. The highest BCUT2D eigenvalue weighted by molar-refractivity contribution is 6.97. The fourth-order valence-corrected chi connectivity index (χ4v) is 6.74. The van der Waals surface area contributed by atoms with Gasteiger partial charge in [-0.3, -0.25) is 0 Å². The molecule has 138 valence electrons. The highest BCUT2D eigenvalue weighted by Gasteiger charge is 2.56. The molecule has 0 unspecified atom stereocenters. The summed E-state index contributed by atoms with van der Waals surface area (Å²) in [4.78, 5) is 0. The monoisotopic (exact) mass is 366 g/mol. The van der Waals surface area contributed by atoms with E-state index in [0.717, 1.165) is 6.42 Å². The maximum atomic E-state index is 6.52. The fraction of sp³-hybridized carbons (Fsp3) is 0.455. The lowest BCUT2D eigenvalue weighted by Gasteiger charge is -2.34. The van der Waals surface area contributed by atoms with Crippen molar-refractivity contribution in [1.82, 2.24) is 0 Å². The Morgan fingerprint density at radius 1 is 0.808 bits per heavy atom. The Bertz CT molecular complexity index is 712. The summed E-state index contributed by atoms with van der Waals surface area (Å²) in [7, 11) is -2.01. The van der Waals surface area contributed by atoms with Crippen molar-refractivity contribution in [1.29, 1.82) is 0 Å². The molecular formula is C22H31BO2Si. The van der Waals surface area contributed by atoms with Gasteiger partial charge in [-0.1, -0.05) is 78.9 Å². The number of hydrogen-bond donors (Lipinski definition) is 0. The normalized spacial score (nSPS) is 20.2. The van der Waals surface area contributed by atoms with Gasteiger partial charge in [-0.05, 0) is 45.1 Å². The van der Waals surface area contributed by atoms with E-state index in [1.165, 1.54) is 10.8 Å². The van der Waals surface area contributed by atoms with E-state index in [9.17, 15) is 0 Å². The van der Waals surface area contributed by atoms with Crippen LogP contribution < -0.4 is 5.19 Å². The summed E-state index contributed by atoms with van der Waals surface area (Å²) in [6, 6.07) is 21.7. The minimum absolute atomic E-state index is 0.179. The van der Waals surface area contributed by atoms with Gasteiger partial charge in [0.15, 0.2) is 0 Å². The molecule has 1 fully saturated rings. The van der Waals surface area contributed by atoms with Crippen molar-refractivity contribution < 1.29 is 9.31 Å². The predicted molar refractivity (Wildman–Crippen MR) is 114 cm³/mol. The molecule has 2 nitrogen and oxygen atoms in total. The lowest BCUT2D eigenvalue weighted by atomic mass is 9.80. The first-order valence-electron chi connectivity index (χ1n) is 9.58. The summed E-state index contributed by atoms with van der Waals surface area (Å²) >= 11 is 0. The minimum atomic E-state index is -1.83. The maximum absolute atomic E-state index is 6.52. The Kier molecular flexibility index (Phi) is 5.22. The van der Waals surface area contributed by atoms with E-state index < -0.39 is 8.07 Å². The van der Waals surface area contributed by atoms with Crippen molar-refractivity contribution in [2.75, 3.05) is 0 Å². The summed E-state index contributed by atoms with van der Waals surface area (Å²) in [6.07, 6.45) is 0.978. The van der Waals surface area contributed by atoms with E-state index in [4.69, 9.17) is 9.31 Å².